The maximum absolute atomic E-state index is 12.0. The number of para-hydroxylation sites is 1. The lowest BCUT2D eigenvalue weighted by Gasteiger charge is -2.19. The number of aromatic amines is 1. The summed E-state index contributed by atoms with van der Waals surface area (Å²) in [5.41, 5.74) is 2.49. The number of aryl methyl sites for hydroxylation is 1. The summed E-state index contributed by atoms with van der Waals surface area (Å²) in [5, 5.41) is 4.36. The first-order valence-corrected chi connectivity index (χ1v) is 9.87. The lowest BCUT2D eigenvalue weighted by atomic mass is 10.1. The zero-order valence-electron chi connectivity index (χ0n) is 15.2. The lowest BCUT2D eigenvalue weighted by Crippen LogP contribution is -2.30. The molecule has 0 atom stereocenters. The van der Waals surface area contributed by atoms with Crippen LogP contribution in [0, 0.1) is 0 Å². The van der Waals surface area contributed by atoms with E-state index in [0.717, 1.165) is 32.4 Å². The van der Waals surface area contributed by atoms with E-state index in [-0.39, 0.29) is 5.91 Å². The van der Waals surface area contributed by atoms with E-state index < -0.39 is 0 Å². The van der Waals surface area contributed by atoms with E-state index in [9.17, 15) is 4.79 Å². The average molecular weight is 341 g/mol. The number of nitrogens with zero attached hydrogens (tertiary/aromatic N) is 1. The van der Waals surface area contributed by atoms with Crippen LogP contribution in [0.15, 0.2) is 30.5 Å². The van der Waals surface area contributed by atoms with Crippen molar-refractivity contribution >= 4 is 16.8 Å². The van der Waals surface area contributed by atoms with Gasteiger partial charge in [0.15, 0.2) is 0 Å². The molecular weight excluding hydrogens is 310 g/mol. The first-order valence-electron chi connectivity index (χ1n) is 9.87. The van der Waals surface area contributed by atoms with Crippen LogP contribution in [0.3, 0.4) is 0 Å². The number of carbonyl (C=O) groups is 1. The third kappa shape index (κ3) is 5.60. The molecule has 1 aromatic carbocycles. The zero-order valence-corrected chi connectivity index (χ0v) is 15.2. The molecule has 1 aliphatic rings. The molecule has 0 spiro atoms. The number of nitrogens with one attached hydrogen (secondary N) is 2. The maximum Gasteiger partial charge on any atom is 0.220 e. The summed E-state index contributed by atoms with van der Waals surface area (Å²) < 4.78 is 0. The molecule has 1 saturated heterocycles. The number of hydrogen-bond acceptors (Lipinski definition) is 2. The fourth-order valence-corrected chi connectivity index (χ4v) is 3.76. The van der Waals surface area contributed by atoms with E-state index in [1.165, 1.54) is 55.2 Å². The van der Waals surface area contributed by atoms with E-state index in [1.807, 2.05) is 6.07 Å². The van der Waals surface area contributed by atoms with Crippen molar-refractivity contribution in [3.05, 3.63) is 36.0 Å². The molecule has 1 aromatic heterocycles. The maximum atomic E-state index is 12.0. The minimum absolute atomic E-state index is 0.190. The molecule has 0 aliphatic carbocycles. The van der Waals surface area contributed by atoms with Crippen LogP contribution < -0.4 is 5.32 Å². The lowest BCUT2D eigenvalue weighted by molar-refractivity contribution is -0.121. The molecule has 0 radical (unpaired) electrons. The van der Waals surface area contributed by atoms with Crippen molar-refractivity contribution in [2.45, 2.75) is 51.4 Å². The van der Waals surface area contributed by atoms with Gasteiger partial charge in [0.1, 0.15) is 0 Å². The molecule has 0 saturated carbocycles. The van der Waals surface area contributed by atoms with Gasteiger partial charge >= 0.3 is 0 Å². The summed E-state index contributed by atoms with van der Waals surface area (Å²) >= 11 is 0. The van der Waals surface area contributed by atoms with Gasteiger partial charge in [-0.1, -0.05) is 31.0 Å². The Morgan fingerprint density at radius 3 is 2.72 bits per heavy atom. The number of benzene rings is 1. The van der Waals surface area contributed by atoms with E-state index in [1.54, 1.807) is 0 Å². The molecular formula is C21H31N3O. The largest absolute Gasteiger partial charge is 0.361 e. The van der Waals surface area contributed by atoms with E-state index in [2.05, 4.69) is 39.6 Å². The number of H-pyrrole nitrogens is 1. The quantitative estimate of drug-likeness (QED) is 0.716. The molecule has 25 heavy (non-hydrogen) atoms. The predicted octanol–water partition coefficient (Wildman–Crippen LogP) is 3.87. The van der Waals surface area contributed by atoms with E-state index in [4.69, 9.17) is 0 Å². The second-order valence-electron chi connectivity index (χ2n) is 7.17. The molecule has 1 fully saturated rings. The van der Waals surface area contributed by atoms with Crippen LogP contribution in [0.1, 0.15) is 50.5 Å². The molecule has 136 valence electrons. The van der Waals surface area contributed by atoms with Crippen molar-refractivity contribution in [1.82, 2.24) is 15.2 Å². The number of carbonyl (C=O) groups excluding carboxylic acids is 1. The number of fused-ring (bicyclic) bond motifs is 1. The fraction of sp³-hybridized carbons (Fsp3) is 0.571. The third-order valence-electron chi connectivity index (χ3n) is 5.20. The first-order chi connectivity index (χ1) is 12.3. The Morgan fingerprint density at radius 1 is 1.08 bits per heavy atom. The minimum atomic E-state index is 0.190. The Labute approximate surface area is 151 Å². The smallest absolute Gasteiger partial charge is 0.220 e. The molecule has 1 aliphatic heterocycles. The summed E-state index contributed by atoms with van der Waals surface area (Å²) in [6.07, 6.45) is 11.0. The Kier molecular flexibility index (Phi) is 6.92. The normalized spacial score (nSPS) is 16.0. The van der Waals surface area contributed by atoms with Crippen LogP contribution in [0.2, 0.25) is 0 Å². The topological polar surface area (TPSA) is 48.1 Å². The molecule has 1 amide bonds. The molecule has 2 N–H and O–H groups in total. The molecule has 4 nitrogen and oxygen atoms in total. The van der Waals surface area contributed by atoms with Gasteiger partial charge in [0.2, 0.25) is 5.91 Å². The van der Waals surface area contributed by atoms with Crippen LogP contribution in [0.25, 0.3) is 10.9 Å². The summed E-state index contributed by atoms with van der Waals surface area (Å²) in [7, 11) is 0. The monoisotopic (exact) mass is 341 g/mol. The molecule has 2 heterocycles. The van der Waals surface area contributed by atoms with Crippen molar-refractivity contribution in [2.24, 2.45) is 0 Å². The summed E-state index contributed by atoms with van der Waals surface area (Å²) in [6.45, 7) is 4.40. The molecule has 2 aromatic rings. The summed E-state index contributed by atoms with van der Waals surface area (Å²) in [6, 6.07) is 8.35. The number of hydrogen-bond donors (Lipinski definition) is 2. The van der Waals surface area contributed by atoms with Gasteiger partial charge < -0.3 is 15.2 Å². The van der Waals surface area contributed by atoms with E-state index >= 15 is 0 Å². The van der Waals surface area contributed by atoms with Gasteiger partial charge in [0, 0.05) is 30.1 Å². The van der Waals surface area contributed by atoms with E-state index in [0.29, 0.717) is 6.42 Å². The van der Waals surface area contributed by atoms with Crippen molar-refractivity contribution in [2.75, 3.05) is 26.2 Å². The van der Waals surface area contributed by atoms with Crippen LogP contribution >= 0.6 is 0 Å². The summed E-state index contributed by atoms with van der Waals surface area (Å²) in [4.78, 5) is 17.9. The number of amides is 1. The van der Waals surface area contributed by atoms with Crippen LogP contribution in [-0.4, -0.2) is 42.0 Å². The highest BCUT2D eigenvalue weighted by Crippen LogP contribution is 2.19. The average Bonchev–Trinajstić information content (AvgIpc) is 2.86. The van der Waals surface area contributed by atoms with Crippen molar-refractivity contribution in [3.8, 4) is 0 Å². The Hall–Kier alpha value is -1.81. The number of aromatic nitrogens is 1. The van der Waals surface area contributed by atoms with Crippen LogP contribution in [0.4, 0.5) is 0 Å². The Balaban J connectivity index is 1.29. The van der Waals surface area contributed by atoms with Gasteiger partial charge in [-0.15, -0.1) is 0 Å². The second kappa shape index (κ2) is 9.62. The van der Waals surface area contributed by atoms with Crippen LogP contribution in [0.5, 0.6) is 0 Å². The molecule has 0 bridgehead atoms. The predicted molar refractivity (Wildman–Crippen MR) is 104 cm³/mol. The number of rotatable bonds is 8. The standard InChI is InChI=1S/C21H31N3O/c25-21(22-13-8-16-24-14-5-1-2-6-15-24)12-7-9-18-17-23-20-11-4-3-10-19(18)20/h3-4,10-11,17,23H,1-2,5-9,12-16H2,(H,22,25). The first kappa shape index (κ1) is 18.0. The van der Waals surface area contributed by atoms with Crippen LogP contribution in [-0.2, 0) is 11.2 Å². The van der Waals surface area contributed by atoms with Crippen molar-refractivity contribution in [1.29, 1.82) is 0 Å². The highest BCUT2D eigenvalue weighted by atomic mass is 16.1. The highest BCUT2D eigenvalue weighted by molar-refractivity contribution is 5.83. The molecule has 0 unspecified atom stereocenters. The Morgan fingerprint density at radius 2 is 1.88 bits per heavy atom. The van der Waals surface area contributed by atoms with Gasteiger partial charge in [0.05, 0.1) is 0 Å². The van der Waals surface area contributed by atoms with Gasteiger partial charge in [-0.3, -0.25) is 4.79 Å². The molecule has 4 heteroatoms. The molecule has 3 rings (SSSR count). The van der Waals surface area contributed by atoms with Gasteiger partial charge in [0.25, 0.3) is 0 Å². The van der Waals surface area contributed by atoms with Gasteiger partial charge in [-0.05, 0) is 63.4 Å². The van der Waals surface area contributed by atoms with Crippen molar-refractivity contribution in [3.63, 3.8) is 0 Å². The van der Waals surface area contributed by atoms with Gasteiger partial charge in [-0.25, -0.2) is 0 Å². The van der Waals surface area contributed by atoms with Gasteiger partial charge in [-0.2, -0.15) is 0 Å². The fourth-order valence-electron chi connectivity index (χ4n) is 3.76. The second-order valence-corrected chi connectivity index (χ2v) is 7.17. The van der Waals surface area contributed by atoms with Crippen molar-refractivity contribution < 1.29 is 4.79 Å². The SMILES string of the molecule is O=C(CCCc1c[nH]c2ccccc12)NCCCN1CCCCCC1. The number of likely N-dealkylation sites (tertiary alicyclic amines) is 1. The Bertz CT molecular complexity index is 656. The highest BCUT2D eigenvalue weighted by Gasteiger charge is 2.09. The zero-order chi connectivity index (χ0) is 17.3. The third-order valence-corrected chi connectivity index (χ3v) is 5.20. The minimum Gasteiger partial charge on any atom is -0.361 e. The summed E-state index contributed by atoms with van der Waals surface area (Å²) in [5.74, 6) is 0.190.